The Morgan fingerprint density at radius 3 is 2.42 bits per heavy atom. The average Bonchev–Trinajstić information content (AvgIpc) is 3.00. The second kappa shape index (κ2) is 8.91. The minimum atomic E-state index is -0.905. The number of fused-ring (bicyclic) bond motifs is 5. The van der Waals surface area contributed by atoms with Crippen molar-refractivity contribution in [2.24, 2.45) is 46.3 Å². The van der Waals surface area contributed by atoms with Crippen molar-refractivity contribution in [3.63, 3.8) is 0 Å². The van der Waals surface area contributed by atoms with Gasteiger partial charge in [-0.25, -0.2) is 0 Å². The topological polar surface area (TPSA) is 80.9 Å². The summed E-state index contributed by atoms with van der Waals surface area (Å²) in [5.41, 5.74) is 0.222. The van der Waals surface area contributed by atoms with E-state index in [2.05, 4.69) is 40.7 Å². The number of hydrogen-bond acceptors (Lipinski definition) is 4. The van der Waals surface area contributed by atoms with Crippen LogP contribution in [0, 0.1) is 46.3 Å². The highest BCUT2D eigenvalue weighted by Gasteiger charge is 2.65. The Kier molecular flexibility index (Phi) is 6.93. The molecule has 0 aromatic heterocycles. The summed E-state index contributed by atoms with van der Waals surface area (Å²) >= 11 is 0. The van der Waals surface area contributed by atoms with E-state index in [9.17, 15) is 20.4 Å². The van der Waals surface area contributed by atoms with Gasteiger partial charge in [0.25, 0.3) is 0 Å². The van der Waals surface area contributed by atoms with E-state index in [0.29, 0.717) is 30.6 Å². The van der Waals surface area contributed by atoms with Crippen molar-refractivity contribution in [2.75, 3.05) is 0 Å². The summed E-state index contributed by atoms with van der Waals surface area (Å²) in [6.45, 7) is 13.4. The number of rotatable bonds is 6. The van der Waals surface area contributed by atoms with Crippen LogP contribution in [0.15, 0.2) is 11.6 Å². The molecule has 33 heavy (non-hydrogen) atoms. The number of hydrogen-bond donors (Lipinski definition) is 4. The van der Waals surface area contributed by atoms with E-state index < -0.39 is 17.8 Å². The Morgan fingerprint density at radius 2 is 1.79 bits per heavy atom. The number of aliphatic hydroxyl groups excluding tert-OH is 3. The zero-order valence-electron chi connectivity index (χ0n) is 21.9. The number of aliphatic hydroxyl groups is 4. The second-order valence-corrected chi connectivity index (χ2v) is 13.4. The summed E-state index contributed by atoms with van der Waals surface area (Å²) in [6, 6.07) is 0. The molecule has 4 rings (SSSR count). The van der Waals surface area contributed by atoms with Gasteiger partial charge in [0.15, 0.2) is 0 Å². The van der Waals surface area contributed by atoms with Crippen LogP contribution < -0.4 is 0 Å². The molecule has 3 fully saturated rings. The molecule has 4 nitrogen and oxygen atoms in total. The first-order chi connectivity index (χ1) is 15.3. The van der Waals surface area contributed by atoms with Gasteiger partial charge in [0.1, 0.15) is 0 Å². The smallest absolute Gasteiger partial charge is 0.0757 e. The van der Waals surface area contributed by atoms with Crippen molar-refractivity contribution < 1.29 is 20.4 Å². The maximum absolute atomic E-state index is 11.8. The molecular formula is C29H50O4. The summed E-state index contributed by atoms with van der Waals surface area (Å²) < 4.78 is 0. The molecule has 0 amide bonds. The van der Waals surface area contributed by atoms with Crippen LogP contribution in [0.4, 0.5) is 0 Å². The predicted octanol–water partition coefficient (Wildman–Crippen LogP) is 5.08. The molecule has 4 heteroatoms. The molecule has 0 bridgehead atoms. The minimum absolute atomic E-state index is 0.0433. The molecule has 190 valence electrons. The Morgan fingerprint density at radius 1 is 1.09 bits per heavy atom. The molecule has 4 aliphatic carbocycles. The average molecular weight is 463 g/mol. The fraction of sp³-hybridized carbons (Fsp3) is 0.931. The van der Waals surface area contributed by atoms with Gasteiger partial charge in [0.05, 0.1) is 23.9 Å². The lowest BCUT2D eigenvalue weighted by molar-refractivity contribution is -0.137. The van der Waals surface area contributed by atoms with Crippen molar-refractivity contribution in [3.05, 3.63) is 11.6 Å². The highest BCUT2D eigenvalue weighted by atomic mass is 16.3. The van der Waals surface area contributed by atoms with E-state index >= 15 is 0 Å². The van der Waals surface area contributed by atoms with Gasteiger partial charge in [-0.05, 0) is 98.7 Å². The summed E-state index contributed by atoms with van der Waals surface area (Å²) in [5, 5.41) is 44.8. The molecule has 4 N–H and O–H groups in total. The summed E-state index contributed by atoms with van der Waals surface area (Å²) in [7, 11) is 0. The molecule has 0 radical (unpaired) electrons. The molecule has 4 aliphatic rings. The molecule has 3 saturated carbocycles. The summed E-state index contributed by atoms with van der Waals surface area (Å²) in [4.78, 5) is 0. The first kappa shape index (κ1) is 25.7. The van der Waals surface area contributed by atoms with E-state index in [1.54, 1.807) is 0 Å². The predicted molar refractivity (Wildman–Crippen MR) is 132 cm³/mol. The maximum Gasteiger partial charge on any atom is 0.0757 e. The van der Waals surface area contributed by atoms with E-state index in [4.69, 9.17) is 0 Å². The normalized spacial score (nSPS) is 47.8. The van der Waals surface area contributed by atoms with Crippen molar-refractivity contribution in [3.8, 4) is 0 Å². The third-order valence-corrected chi connectivity index (χ3v) is 11.3. The monoisotopic (exact) mass is 462 g/mol. The maximum atomic E-state index is 11.8. The molecule has 2 unspecified atom stereocenters. The lowest BCUT2D eigenvalue weighted by atomic mass is 9.46. The van der Waals surface area contributed by atoms with E-state index in [0.717, 1.165) is 44.9 Å². The molecule has 0 aromatic carbocycles. The first-order valence-electron chi connectivity index (χ1n) is 13.8. The molecule has 0 aliphatic heterocycles. The van der Waals surface area contributed by atoms with Crippen molar-refractivity contribution in [1.82, 2.24) is 0 Å². The van der Waals surface area contributed by atoms with Crippen LogP contribution in [0.3, 0.4) is 0 Å². The highest BCUT2D eigenvalue weighted by molar-refractivity contribution is 5.28. The lowest BCUT2D eigenvalue weighted by Crippen LogP contribution is -2.56. The first-order valence-corrected chi connectivity index (χ1v) is 13.8. The van der Waals surface area contributed by atoms with Crippen molar-refractivity contribution in [1.29, 1.82) is 0 Å². The second-order valence-electron chi connectivity index (χ2n) is 13.4. The van der Waals surface area contributed by atoms with Gasteiger partial charge >= 0.3 is 0 Å². The molecule has 11 atom stereocenters. The third-order valence-electron chi connectivity index (χ3n) is 11.3. The Balaban J connectivity index is 1.60. The SMILES string of the molecule is CCC(CC[C@](C)(O)[C@H]1[C@@H](O)C[C@H]2C3[C@H](O)C=C4C[C@@H](O)CC[C@]4(C)[C@H]3CC[C@@]21C)C(C)C. The van der Waals surface area contributed by atoms with E-state index in [1.165, 1.54) is 5.57 Å². The fourth-order valence-electron chi connectivity index (χ4n) is 9.41. The zero-order chi connectivity index (χ0) is 24.3. The van der Waals surface area contributed by atoms with Crippen LogP contribution in [0.5, 0.6) is 0 Å². The molecule has 0 heterocycles. The van der Waals surface area contributed by atoms with Gasteiger partial charge < -0.3 is 20.4 Å². The van der Waals surface area contributed by atoms with Crippen LogP contribution >= 0.6 is 0 Å². The standard InChI is InChI=1S/C29H50O4/c1-7-18(17(2)3)8-13-29(6,33)26-24(32)16-22-25-21(10-12-28(22,26)5)27(4)11-9-20(30)14-19(27)15-23(25)31/h15,17-18,20-26,30-33H,7-14,16H2,1-6H3/t18?,20-,21-,22-,23+,24-,25?,26-,27-,28-,29-/m0/s1. The van der Waals surface area contributed by atoms with E-state index in [-0.39, 0.29) is 34.7 Å². The van der Waals surface area contributed by atoms with Crippen LogP contribution in [0.2, 0.25) is 0 Å². The summed E-state index contributed by atoms with van der Waals surface area (Å²) in [5.74, 6) is 1.78. The van der Waals surface area contributed by atoms with Crippen LogP contribution in [0.1, 0.15) is 99.3 Å². The van der Waals surface area contributed by atoms with E-state index in [1.807, 2.05) is 6.92 Å². The quantitative estimate of drug-likeness (QED) is 0.415. The highest BCUT2D eigenvalue weighted by Crippen LogP contribution is 2.67. The van der Waals surface area contributed by atoms with Crippen LogP contribution in [-0.4, -0.2) is 44.3 Å². The van der Waals surface area contributed by atoms with Crippen LogP contribution in [-0.2, 0) is 0 Å². The molecule has 0 aromatic rings. The van der Waals surface area contributed by atoms with Crippen molar-refractivity contribution >= 4 is 0 Å². The van der Waals surface area contributed by atoms with Gasteiger partial charge in [-0.2, -0.15) is 0 Å². The van der Waals surface area contributed by atoms with Crippen LogP contribution in [0.25, 0.3) is 0 Å². The van der Waals surface area contributed by atoms with Gasteiger partial charge in [-0.15, -0.1) is 0 Å². The lowest BCUT2D eigenvalue weighted by Gasteiger charge is -2.59. The summed E-state index contributed by atoms with van der Waals surface area (Å²) in [6.07, 6.45) is 8.78. The minimum Gasteiger partial charge on any atom is -0.393 e. The Bertz CT molecular complexity index is 744. The van der Waals surface area contributed by atoms with Gasteiger partial charge in [-0.1, -0.05) is 52.7 Å². The molecule has 0 spiro atoms. The Labute approximate surface area is 201 Å². The fourth-order valence-corrected chi connectivity index (χ4v) is 9.41. The molecule has 0 saturated heterocycles. The zero-order valence-corrected chi connectivity index (χ0v) is 21.9. The van der Waals surface area contributed by atoms with Gasteiger partial charge in [0.2, 0.25) is 0 Å². The Hall–Kier alpha value is -0.420. The van der Waals surface area contributed by atoms with Crippen molar-refractivity contribution in [2.45, 2.75) is 123 Å². The van der Waals surface area contributed by atoms with Gasteiger partial charge in [-0.3, -0.25) is 0 Å². The van der Waals surface area contributed by atoms with Gasteiger partial charge in [0, 0.05) is 5.92 Å². The third kappa shape index (κ3) is 4.15. The molecular weight excluding hydrogens is 412 g/mol. The largest absolute Gasteiger partial charge is 0.393 e.